The number of nitrogens with zero attached hydrogens (tertiary/aromatic N) is 1. The van der Waals surface area contributed by atoms with Crippen LogP contribution in [0.2, 0.25) is 0 Å². The molecule has 0 unspecified atom stereocenters. The van der Waals surface area contributed by atoms with Crippen molar-refractivity contribution in [2.24, 2.45) is 5.73 Å². The Morgan fingerprint density at radius 1 is 1.32 bits per heavy atom. The van der Waals surface area contributed by atoms with Gasteiger partial charge >= 0.3 is 5.63 Å². The molecular weight excluding hydrogens is 276 g/mol. The van der Waals surface area contributed by atoms with Crippen LogP contribution in [-0.4, -0.2) is 19.6 Å². The monoisotopic (exact) mass is 300 g/mol. The van der Waals surface area contributed by atoms with Crippen LogP contribution >= 0.6 is 0 Å². The molecule has 4 heteroatoms. The van der Waals surface area contributed by atoms with Gasteiger partial charge in [0.1, 0.15) is 5.58 Å². The van der Waals surface area contributed by atoms with Crippen molar-refractivity contribution in [1.29, 1.82) is 0 Å². The summed E-state index contributed by atoms with van der Waals surface area (Å²) >= 11 is 0. The summed E-state index contributed by atoms with van der Waals surface area (Å²) in [6, 6.07) is 5.84. The molecule has 0 saturated carbocycles. The van der Waals surface area contributed by atoms with Gasteiger partial charge < -0.3 is 15.1 Å². The highest BCUT2D eigenvalue weighted by molar-refractivity contribution is 5.86. The smallest absolute Gasteiger partial charge is 0.336 e. The summed E-state index contributed by atoms with van der Waals surface area (Å²) in [5.74, 6) is 0. The van der Waals surface area contributed by atoms with E-state index in [1.165, 1.54) is 30.5 Å². The minimum Gasteiger partial charge on any atom is -0.423 e. The van der Waals surface area contributed by atoms with Crippen molar-refractivity contribution in [3.8, 4) is 0 Å². The third-order valence-corrected chi connectivity index (χ3v) is 4.44. The van der Waals surface area contributed by atoms with E-state index in [0.29, 0.717) is 18.5 Å². The van der Waals surface area contributed by atoms with Crippen LogP contribution < -0.4 is 16.3 Å². The van der Waals surface area contributed by atoms with Crippen molar-refractivity contribution in [2.45, 2.75) is 39.0 Å². The van der Waals surface area contributed by atoms with Crippen LogP contribution in [0, 0.1) is 0 Å². The molecule has 0 amide bonds. The van der Waals surface area contributed by atoms with Crippen molar-refractivity contribution in [3.05, 3.63) is 39.7 Å². The maximum absolute atomic E-state index is 11.8. The second-order valence-electron chi connectivity index (χ2n) is 6.05. The molecule has 0 radical (unpaired) electrons. The number of benzene rings is 1. The van der Waals surface area contributed by atoms with E-state index in [-0.39, 0.29) is 5.63 Å². The molecule has 0 saturated heterocycles. The summed E-state index contributed by atoms with van der Waals surface area (Å²) in [4.78, 5) is 14.2. The van der Waals surface area contributed by atoms with Crippen LogP contribution in [0.3, 0.4) is 0 Å². The number of hydrogen-bond donors (Lipinski definition) is 1. The van der Waals surface area contributed by atoms with Crippen LogP contribution in [0.5, 0.6) is 0 Å². The lowest BCUT2D eigenvalue weighted by atomic mass is 9.97. The molecule has 1 aliphatic heterocycles. The van der Waals surface area contributed by atoms with Gasteiger partial charge in [0, 0.05) is 36.3 Å². The molecule has 0 bridgehead atoms. The third kappa shape index (κ3) is 2.88. The molecule has 0 aliphatic carbocycles. The first-order valence-electron chi connectivity index (χ1n) is 8.27. The fourth-order valence-corrected chi connectivity index (χ4v) is 3.33. The second kappa shape index (κ2) is 6.53. The number of nitrogens with two attached hydrogens (primary N) is 1. The summed E-state index contributed by atoms with van der Waals surface area (Å²) < 4.78 is 5.44. The Labute approximate surface area is 130 Å². The quantitative estimate of drug-likeness (QED) is 0.863. The highest BCUT2D eigenvalue weighted by atomic mass is 16.4. The summed E-state index contributed by atoms with van der Waals surface area (Å²) in [6.07, 6.45) is 5.37. The fourth-order valence-electron chi connectivity index (χ4n) is 3.33. The average Bonchev–Trinajstić information content (AvgIpc) is 2.51. The van der Waals surface area contributed by atoms with E-state index in [2.05, 4.69) is 24.0 Å². The predicted octanol–water partition coefficient (Wildman–Crippen LogP) is 2.85. The Morgan fingerprint density at radius 3 is 2.95 bits per heavy atom. The fraction of sp³-hybridized carbons (Fsp3) is 0.500. The van der Waals surface area contributed by atoms with Crippen molar-refractivity contribution in [1.82, 2.24) is 0 Å². The number of rotatable bonds is 5. The Kier molecular flexibility index (Phi) is 4.48. The van der Waals surface area contributed by atoms with Gasteiger partial charge in [0.25, 0.3) is 0 Å². The van der Waals surface area contributed by atoms with E-state index >= 15 is 0 Å². The number of unbranched alkanes of at least 4 members (excludes halogenated alkanes) is 1. The van der Waals surface area contributed by atoms with Gasteiger partial charge in [-0.25, -0.2) is 4.79 Å². The van der Waals surface area contributed by atoms with Crippen molar-refractivity contribution in [2.75, 3.05) is 24.5 Å². The minimum atomic E-state index is -0.285. The maximum Gasteiger partial charge on any atom is 0.336 e. The molecule has 2 N–H and O–H groups in total. The topological polar surface area (TPSA) is 59.5 Å². The molecule has 2 aromatic rings. The van der Waals surface area contributed by atoms with E-state index < -0.39 is 0 Å². The van der Waals surface area contributed by atoms with Gasteiger partial charge in [-0.1, -0.05) is 13.3 Å². The van der Waals surface area contributed by atoms with Gasteiger partial charge in [-0.3, -0.25) is 0 Å². The molecule has 3 rings (SSSR count). The van der Waals surface area contributed by atoms with Crippen LogP contribution in [-0.2, 0) is 12.8 Å². The van der Waals surface area contributed by atoms with Crippen molar-refractivity contribution in [3.63, 3.8) is 0 Å². The molecule has 118 valence electrons. The normalized spacial score (nSPS) is 14.4. The number of hydrogen-bond acceptors (Lipinski definition) is 4. The van der Waals surface area contributed by atoms with Gasteiger partial charge in [-0.2, -0.15) is 0 Å². The zero-order chi connectivity index (χ0) is 15.5. The summed E-state index contributed by atoms with van der Waals surface area (Å²) in [5, 5.41) is 1.04. The van der Waals surface area contributed by atoms with Crippen LogP contribution in [0.15, 0.2) is 27.4 Å². The Morgan fingerprint density at radius 2 is 2.18 bits per heavy atom. The number of fused-ring (bicyclic) bond motifs is 2. The summed E-state index contributed by atoms with van der Waals surface area (Å²) in [5.41, 5.74) is 9.68. The van der Waals surface area contributed by atoms with Crippen LogP contribution in [0.25, 0.3) is 11.0 Å². The molecule has 1 aromatic heterocycles. The van der Waals surface area contributed by atoms with Gasteiger partial charge in [0.2, 0.25) is 0 Å². The van der Waals surface area contributed by atoms with E-state index in [1.807, 2.05) is 0 Å². The predicted molar refractivity (Wildman–Crippen MR) is 90.7 cm³/mol. The molecule has 2 heterocycles. The van der Waals surface area contributed by atoms with Crippen molar-refractivity contribution >= 4 is 16.7 Å². The lowest BCUT2D eigenvalue weighted by molar-refractivity contribution is 0.557. The summed E-state index contributed by atoms with van der Waals surface area (Å²) in [7, 11) is 0. The molecule has 1 aromatic carbocycles. The molecule has 0 fully saturated rings. The third-order valence-electron chi connectivity index (χ3n) is 4.44. The minimum absolute atomic E-state index is 0.285. The van der Waals surface area contributed by atoms with E-state index in [0.717, 1.165) is 30.5 Å². The van der Waals surface area contributed by atoms with E-state index in [9.17, 15) is 4.79 Å². The molecule has 22 heavy (non-hydrogen) atoms. The largest absolute Gasteiger partial charge is 0.423 e. The lowest BCUT2D eigenvalue weighted by Crippen LogP contribution is -2.30. The van der Waals surface area contributed by atoms with E-state index in [1.54, 1.807) is 6.07 Å². The Balaban J connectivity index is 2.10. The van der Waals surface area contributed by atoms with E-state index in [4.69, 9.17) is 10.2 Å². The molecular formula is C18H24N2O2. The number of anilines is 1. The molecule has 4 nitrogen and oxygen atoms in total. The zero-order valence-electron chi connectivity index (χ0n) is 13.2. The first-order chi connectivity index (χ1) is 10.7. The second-order valence-corrected chi connectivity index (χ2v) is 6.05. The van der Waals surface area contributed by atoms with Gasteiger partial charge in [0.05, 0.1) is 0 Å². The molecule has 1 aliphatic rings. The van der Waals surface area contributed by atoms with Gasteiger partial charge in [-0.05, 0) is 49.4 Å². The maximum atomic E-state index is 11.8. The Bertz CT molecular complexity index is 721. The first-order valence-corrected chi connectivity index (χ1v) is 8.27. The Hall–Kier alpha value is -1.81. The molecule has 0 atom stereocenters. The average molecular weight is 300 g/mol. The highest BCUT2D eigenvalue weighted by Gasteiger charge is 2.19. The lowest BCUT2D eigenvalue weighted by Gasteiger charge is -2.31. The zero-order valence-corrected chi connectivity index (χ0v) is 13.2. The van der Waals surface area contributed by atoms with Crippen LogP contribution in [0.4, 0.5) is 5.69 Å². The van der Waals surface area contributed by atoms with Gasteiger partial charge in [-0.15, -0.1) is 0 Å². The summed E-state index contributed by atoms with van der Waals surface area (Å²) in [6.45, 7) is 4.91. The molecule has 0 spiro atoms. The first kappa shape index (κ1) is 15.1. The van der Waals surface area contributed by atoms with Crippen molar-refractivity contribution < 1.29 is 4.42 Å². The van der Waals surface area contributed by atoms with Gasteiger partial charge in [0.15, 0.2) is 0 Å². The van der Waals surface area contributed by atoms with Crippen LogP contribution in [0.1, 0.15) is 37.3 Å². The standard InChI is InChI=1S/C18H24N2O2/c1-2-3-8-20-9-4-5-14-10-15-13(6-7-19)11-18(21)22-17(15)12-16(14)20/h10-12H,2-9,19H2,1H3. The highest BCUT2D eigenvalue weighted by Crippen LogP contribution is 2.32. The SMILES string of the molecule is CCCCN1CCCc2cc3c(CCN)cc(=O)oc3cc21. The number of aryl methyl sites for hydroxylation is 1.